The summed E-state index contributed by atoms with van der Waals surface area (Å²) in [5.41, 5.74) is 1.35. The Balaban J connectivity index is 1.83. The topological polar surface area (TPSA) is 21.3 Å². The van der Waals surface area contributed by atoms with Crippen molar-refractivity contribution < 1.29 is 4.74 Å². The Morgan fingerprint density at radius 3 is 2.60 bits per heavy atom. The lowest BCUT2D eigenvalue weighted by Gasteiger charge is -2.16. The maximum atomic E-state index is 5.18. The fraction of sp³-hybridized carbons (Fsp3) is 0.412. The third-order valence-corrected chi connectivity index (χ3v) is 4.41. The summed E-state index contributed by atoms with van der Waals surface area (Å²) in [5.74, 6) is 0.921. The first-order valence-corrected chi connectivity index (χ1v) is 8.11. The van der Waals surface area contributed by atoms with E-state index in [0.717, 1.165) is 18.7 Å². The average Bonchev–Trinajstić information content (AvgIpc) is 3.01. The molecule has 2 aromatic rings. The highest BCUT2D eigenvalue weighted by Gasteiger charge is 2.10. The van der Waals surface area contributed by atoms with E-state index in [2.05, 4.69) is 41.9 Å². The van der Waals surface area contributed by atoms with E-state index in [0.29, 0.717) is 6.04 Å². The molecule has 3 heteroatoms. The minimum atomic E-state index is 0.498. The molecule has 0 aliphatic carbocycles. The second-order valence-corrected chi connectivity index (χ2v) is 5.89. The predicted molar refractivity (Wildman–Crippen MR) is 86.7 cm³/mol. The molecule has 1 unspecified atom stereocenters. The summed E-state index contributed by atoms with van der Waals surface area (Å²) in [6.07, 6.45) is 3.46. The van der Waals surface area contributed by atoms with E-state index < -0.39 is 0 Å². The summed E-state index contributed by atoms with van der Waals surface area (Å²) in [7, 11) is 1.70. The molecule has 0 radical (unpaired) electrons. The van der Waals surface area contributed by atoms with Crippen molar-refractivity contribution in [2.45, 2.75) is 32.2 Å². The Hall–Kier alpha value is -1.32. The molecule has 0 spiro atoms. The number of hydrogen-bond donors (Lipinski definition) is 1. The summed E-state index contributed by atoms with van der Waals surface area (Å²) in [6, 6.07) is 13.2. The van der Waals surface area contributed by atoms with Crippen LogP contribution in [0.5, 0.6) is 5.75 Å². The van der Waals surface area contributed by atoms with Gasteiger partial charge in [-0.15, -0.1) is 11.3 Å². The fourth-order valence-corrected chi connectivity index (χ4v) is 3.14. The molecule has 0 saturated carbocycles. The second-order valence-electron chi connectivity index (χ2n) is 4.91. The molecule has 1 aromatic carbocycles. The van der Waals surface area contributed by atoms with Crippen LogP contribution in [0.2, 0.25) is 0 Å². The van der Waals surface area contributed by atoms with Gasteiger partial charge in [0.1, 0.15) is 5.75 Å². The highest BCUT2D eigenvalue weighted by Crippen LogP contribution is 2.23. The summed E-state index contributed by atoms with van der Waals surface area (Å²) in [5, 5.41) is 5.84. The fourth-order valence-electron chi connectivity index (χ4n) is 2.31. The molecule has 1 heterocycles. The van der Waals surface area contributed by atoms with Crippen molar-refractivity contribution >= 4 is 11.3 Å². The summed E-state index contributed by atoms with van der Waals surface area (Å²) >= 11 is 1.84. The molecule has 0 fully saturated rings. The lowest BCUT2D eigenvalue weighted by molar-refractivity contribution is 0.414. The normalized spacial score (nSPS) is 12.3. The number of hydrogen-bond acceptors (Lipinski definition) is 3. The van der Waals surface area contributed by atoms with Crippen molar-refractivity contribution in [1.82, 2.24) is 5.32 Å². The minimum absolute atomic E-state index is 0.498. The van der Waals surface area contributed by atoms with Crippen molar-refractivity contribution in [3.8, 4) is 5.75 Å². The van der Waals surface area contributed by atoms with Crippen LogP contribution in [0.4, 0.5) is 0 Å². The summed E-state index contributed by atoms with van der Waals surface area (Å²) in [4.78, 5) is 1.45. The SMILES string of the molecule is CCCC(NCCc1ccc(OC)cc1)c1cccs1. The van der Waals surface area contributed by atoms with E-state index >= 15 is 0 Å². The van der Waals surface area contributed by atoms with Gasteiger partial charge in [-0.3, -0.25) is 0 Å². The van der Waals surface area contributed by atoms with E-state index in [9.17, 15) is 0 Å². The van der Waals surface area contributed by atoms with Crippen LogP contribution in [0.25, 0.3) is 0 Å². The smallest absolute Gasteiger partial charge is 0.118 e. The number of ether oxygens (including phenoxy) is 1. The highest BCUT2D eigenvalue weighted by molar-refractivity contribution is 7.10. The molecule has 0 aliphatic rings. The van der Waals surface area contributed by atoms with Gasteiger partial charge in [0.25, 0.3) is 0 Å². The molecule has 0 aliphatic heterocycles. The Labute approximate surface area is 125 Å². The molecule has 0 saturated heterocycles. The molecule has 20 heavy (non-hydrogen) atoms. The minimum Gasteiger partial charge on any atom is -0.497 e. The van der Waals surface area contributed by atoms with Gasteiger partial charge in [-0.05, 0) is 48.5 Å². The Morgan fingerprint density at radius 1 is 1.20 bits per heavy atom. The van der Waals surface area contributed by atoms with Crippen molar-refractivity contribution in [1.29, 1.82) is 0 Å². The lowest BCUT2D eigenvalue weighted by Crippen LogP contribution is -2.23. The van der Waals surface area contributed by atoms with E-state index in [-0.39, 0.29) is 0 Å². The molecule has 2 rings (SSSR count). The number of nitrogens with one attached hydrogen (secondary N) is 1. The molecule has 1 aromatic heterocycles. The van der Waals surface area contributed by atoms with E-state index in [1.54, 1.807) is 7.11 Å². The monoisotopic (exact) mass is 289 g/mol. The second kappa shape index (κ2) is 8.08. The number of thiophene rings is 1. The Bertz CT molecular complexity index is 478. The summed E-state index contributed by atoms with van der Waals surface area (Å²) in [6.45, 7) is 3.25. The number of benzene rings is 1. The first-order valence-electron chi connectivity index (χ1n) is 7.23. The highest BCUT2D eigenvalue weighted by atomic mass is 32.1. The maximum absolute atomic E-state index is 5.18. The summed E-state index contributed by atoms with van der Waals surface area (Å²) < 4.78 is 5.18. The van der Waals surface area contributed by atoms with Crippen LogP contribution in [0.3, 0.4) is 0 Å². The van der Waals surface area contributed by atoms with Crippen LogP contribution >= 0.6 is 11.3 Å². The van der Waals surface area contributed by atoms with Crippen molar-refractivity contribution in [2.75, 3.05) is 13.7 Å². The van der Waals surface area contributed by atoms with Crippen molar-refractivity contribution in [2.24, 2.45) is 0 Å². The largest absolute Gasteiger partial charge is 0.497 e. The number of rotatable bonds is 8. The molecule has 2 nitrogen and oxygen atoms in total. The van der Waals surface area contributed by atoms with Gasteiger partial charge in [-0.1, -0.05) is 31.5 Å². The first kappa shape index (κ1) is 15.1. The predicted octanol–water partition coefficient (Wildman–Crippen LogP) is 4.43. The quantitative estimate of drug-likeness (QED) is 0.776. The molecule has 1 N–H and O–H groups in total. The zero-order chi connectivity index (χ0) is 14.2. The van der Waals surface area contributed by atoms with Gasteiger partial charge in [0.15, 0.2) is 0 Å². The third-order valence-electron chi connectivity index (χ3n) is 3.43. The maximum Gasteiger partial charge on any atom is 0.118 e. The molecule has 0 bridgehead atoms. The van der Waals surface area contributed by atoms with E-state index in [1.165, 1.54) is 23.3 Å². The molecule has 1 atom stereocenters. The van der Waals surface area contributed by atoms with Crippen LogP contribution in [-0.2, 0) is 6.42 Å². The standard InChI is InChI=1S/C17H23NOS/c1-3-5-16(17-6-4-13-20-17)18-12-11-14-7-9-15(19-2)10-8-14/h4,6-10,13,16,18H,3,5,11-12H2,1-2H3. The van der Waals surface area contributed by atoms with Crippen LogP contribution in [0.1, 0.15) is 36.2 Å². The molecule has 108 valence electrons. The van der Waals surface area contributed by atoms with Crippen LogP contribution < -0.4 is 10.1 Å². The molecular weight excluding hydrogens is 266 g/mol. The first-order chi connectivity index (χ1) is 9.83. The van der Waals surface area contributed by atoms with Crippen LogP contribution in [0.15, 0.2) is 41.8 Å². The Kier molecular flexibility index (Phi) is 6.09. The van der Waals surface area contributed by atoms with E-state index in [4.69, 9.17) is 4.74 Å². The van der Waals surface area contributed by atoms with Gasteiger partial charge in [-0.25, -0.2) is 0 Å². The van der Waals surface area contributed by atoms with Gasteiger partial charge in [0.05, 0.1) is 7.11 Å². The lowest BCUT2D eigenvalue weighted by atomic mass is 10.1. The van der Waals surface area contributed by atoms with Crippen molar-refractivity contribution in [3.05, 3.63) is 52.2 Å². The zero-order valence-electron chi connectivity index (χ0n) is 12.3. The average molecular weight is 289 g/mol. The molecule has 0 amide bonds. The van der Waals surface area contributed by atoms with Crippen LogP contribution in [-0.4, -0.2) is 13.7 Å². The van der Waals surface area contributed by atoms with Crippen molar-refractivity contribution in [3.63, 3.8) is 0 Å². The van der Waals surface area contributed by atoms with Gasteiger partial charge >= 0.3 is 0 Å². The number of methoxy groups -OCH3 is 1. The van der Waals surface area contributed by atoms with E-state index in [1.807, 2.05) is 23.5 Å². The zero-order valence-corrected chi connectivity index (χ0v) is 13.1. The van der Waals surface area contributed by atoms with Gasteiger partial charge in [0.2, 0.25) is 0 Å². The van der Waals surface area contributed by atoms with Crippen LogP contribution in [0, 0.1) is 0 Å². The van der Waals surface area contributed by atoms with Gasteiger partial charge < -0.3 is 10.1 Å². The van der Waals surface area contributed by atoms with Gasteiger partial charge in [-0.2, -0.15) is 0 Å². The Morgan fingerprint density at radius 2 is 2.00 bits per heavy atom. The van der Waals surface area contributed by atoms with Gasteiger partial charge in [0, 0.05) is 10.9 Å². The third kappa shape index (κ3) is 4.36. The molecular formula is C17H23NOS.